The maximum atomic E-state index is 14.2. The highest BCUT2D eigenvalue weighted by Gasteiger charge is 2.28. The lowest BCUT2D eigenvalue weighted by Crippen LogP contribution is -2.37. The topological polar surface area (TPSA) is 73.0 Å². The average Bonchev–Trinajstić information content (AvgIpc) is 3.10. The molecule has 3 amide bonds. The number of carbonyl (C=O) groups is 3. The summed E-state index contributed by atoms with van der Waals surface area (Å²) in [4.78, 5) is 44.5. The van der Waals surface area contributed by atoms with Crippen LogP contribution in [0.4, 0.5) is 15.8 Å². The van der Waals surface area contributed by atoms with Gasteiger partial charge in [0.1, 0.15) is 5.82 Å². The highest BCUT2D eigenvalue weighted by atomic mass is 19.1. The number of hydrogen-bond donors (Lipinski definition) is 1. The van der Waals surface area contributed by atoms with E-state index in [1.807, 2.05) is 26.0 Å². The van der Waals surface area contributed by atoms with Gasteiger partial charge in [0.05, 0.1) is 11.1 Å². The van der Waals surface area contributed by atoms with E-state index >= 15 is 0 Å². The van der Waals surface area contributed by atoms with Crippen LogP contribution in [-0.2, 0) is 4.79 Å². The normalized spacial score (nSPS) is 16.2. The van der Waals surface area contributed by atoms with Gasteiger partial charge in [-0.2, -0.15) is 0 Å². The zero-order chi connectivity index (χ0) is 25.7. The van der Waals surface area contributed by atoms with Gasteiger partial charge in [-0.25, -0.2) is 4.39 Å². The van der Waals surface area contributed by atoms with E-state index in [-0.39, 0.29) is 29.2 Å². The number of amides is 3. The van der Waals surface area contributed by atoms with Crippen molar-refractivity contribution in [2.24, 2.45) is 5.92 Å². The van der Waals surface area contributed by atoms with Gasteiger partial charge in [0.2, 0.25) is 5.91 Å². The van der Waals surface area contributed by atoms with Crippen LogP contribution in [0.25, 0.3) is 0 Å². The Balaban J connectivity index is 1.56. The maximum Gasteiger partial charge on any atom is 0.256 e. The lowest BCUT2D eigenvalue weighted by molar-refractivity contribution is -0.122. The molecule has 0 bridgehead atoms. The van der Waals surface area contributed by atoms with E-state index in [9.17, 15) is 18.8 Å². The molecule has 2 aromatic rings. The van der Waals surface area contributed by atoms with Crippen LogP contribution in [0.2, 0.25) is 0 Å². The fourth-order valence-corrected chi connectivity index (χ4v) is 4.82. The summed E-state index contributed by atoms with van der Waals surface area (Å²) in [5.74, 6) is -0.862. The van der Waals surface area contributed by atoms with Crippen LogP contribution in [0, 0.1) is 11.7 Å². The molecular weight excluding hydrogens is 459 g/mol. The second-order valence-corrected chi connectivity index (χ2v) is 9.44. The van der Waals surface area contributed by atoms with Crippen molar-refractivity contribution in [2.45, 2.75) is 39.5 Å². The number of nitrogens with zero attached hydrogens (tertiary/aromatic N) is 3. The van der Waals surface area contributed by atoms with Crippen LogP contribution in [-0.4, -0.2) is 66.8 Å². The summed E-state index contributed by atoms with van der Waals surface area (Å²) in [5.41, 5.74) is 2.03. The molecule has 2 aliphatic rings. The first-order valence-electron chi connectivity index (χ1n) is 13.0. The van der Waals surface area contributed by atoms with Crippen LogP contribution in [0.1, 0.15) is 60.2 Å². The summed E-state index contributed by atoms with van der Waals surface area (Å²) >= 11 is 0. The predicted molar refractivity (Wildman–Crippen MR) is 139 cm³/mol. The molecule has 7 nitrogen and oxygen atoms in total. The smallest absolute Gasteiger partial charge is 0.256 e. The van der Waals surface area contributed by atoms with E-state index < -0.39 is 5.82 Å². The Morgan fingerprint density at radius 3 is 2.36 bits per heavy atom. The van der Waals surface area contributed by atoms with E-state index in [1.165, 1.54) is 12.1 Å². The number of halogens is 1. The molecule has 1 aliphatic heterocycles. The van der Waals surface area contributed by atoms with Crippen molar-refractivity contribution in [3.8, 4) is 0 Å². The largest absolute Gasteiger partial charge is 0.369 e. The Labute approximate surface area is 212 Å². The molecule has 1 saturated heterocycles. The fourth-order valence-electron chi connectivity index (χ4n) is 4.82. The van der Waals surface area contributed by atoms with E-state index in [4.69, 9.17) is 0 Å². The van der Waals surface area contributed by atoms with Crippen molar-refractivity contribution in [1.29, 1.82) is 0 Å². The Kier molecular flexibility index (Phi) is 8.23. The van der Waals surface area contributed by atoms with E-state index in [1.54, 1.807) is 28.0 Å². The highest BCUT2D eigenvalue weighted by molar-refractivity contribution is 6.02. The summed E-state index contributed by atoms with van der Waals surface area (Å²) in [6.45, 7) is 7.17. The first-order chi connectivity index (χ1) is 17.4. The van der Waals surface area contributed by atoms with Crippen LogP contribution in [0.5, 0.6) is 0 Å². The van der Waals surface area contributed by atoms with Crippen molar-refractivity contribution in [3.63, 3.8) is 0 Å². The molecule has 0 unspecified atom stereocenters. The number of anilines is 2. The number of hydrogen-bond acceptors (Lipinski definition) is 4. The third-order valence-corrected chi connectivity index (χ3v) is 7.25. The van der Waals surface area contributed by atoms with Gasteiger partial charge in [0, 0.05) is 56.6 Å². The second kappa shape index (κ2) is 11.5. The predicted octanol–water partition coefficient (Wildman–Crippen LogP) is 4.40. The lowest BCUT2D eigenvalue weighted by atomic mass is 9.85. The quantitative estimate of drug-likeness (QED) is 0.619. The van der Waals surface area contributed by atoms with E-state index in [0.717, 1.165) is 24.9 Å². The summed E-state index contributed by atoms with van der Waals surface area (Å²) in [5, 5.41) is 2.99. The highest BCUT2D eigenvalue weighted by Crippen LogP contribution is 2.30. The van der Waals surface area contributed by atoms with Crippen LogP contribution in [0.15, 0.2) is 42.5 Å². The van der Waals surface area contributed by atoms with Crippen LogP contribution >= 0.6 is 0 Å². The van der Waals surface area contributed by atoms with Gasteiger partial charge in [0.15, 0.2) is 0 Å². The molecule has 1 aliphatic carbocycles. The molecule has 0 spiro atoms. The van der Waals surface area contributed by atoms with Crippen LogP contribution < -0.4 is 10.2 Å². The molecular formula is C28H35FN4O3. The minimum absolute atomic E-state index is 0.00677. The zero-order valence-corrected chi connectivity index (χ0v) is 21.1. The number of rotatable bonds is 7. The van der Waals surface area contributed by atoms with Gasteiger partial charge in [-0.1, -0.05) is 18.6 Å². The molecule has 2 aromatic carbocycles. The minimum Gasteiger partial charge on any atom is -0.369 e. The summed E-state index contributed by atoms with van der Waals surface area (Å²) in [6.07, 6.45) is 3.59. The molecule has 4 rings (SSSR count). The van der Waals surface area contributed by atoms with Gasteiger partial charge >= 0.3 is 0 Å². The lowest BCUT2D eigenvalue weighted by Gasteiger charge is -2.29. The number of benzene rings is 2. The van der Waals surface area contributed by atoms with Crippen molar-refractivity contribution in [1.82, 2.24) is 9.80 Å². The molecule has 1 saturated carbocycles. The molecule has 192 valence electrons. The summed E-state index contributed by atoms with van der Waals surface area (Å²) in [6, 6.07) is 11.6. The van der Waals surface area contributed by atoms with Gasteiger partial charge < -0.3 is 20.0 Å². The average molecular weight is 495 g/mol. The zero-order valence-electron chi connectivity index (χ0n) is 21.1. The van der Waals surface area contributed by atoms with E-state index in [0.29, 0.717) is 56.9 Å². The third-order valence-electron chi connectivity index (χ3n) is 7.25. The second-order valence-electron chi connectivity index (χ2n) is 9.44. The summed E-state index contributed by atoms with van der Waals surface area (Å²) in [7, 11) is 0. The molecule has 0 aromatic heterocycles. The summed E-state index contributed by atoms with van der Waals surface area (Å²) < 4.78 is 14.2. The molecule has 36 heavy (non-hydrogen) atoms. The molecule has 1 heterocycles. The van der Waals surface area contributed by atoms with Gasteiger partial charge in [-0.15, -0.1) is 0 Å². The van der Waals surface area contributed by atoms with Crippen molar-refractivity contribution in [2.75, 3.05) is 49.5 Å². The molecule has 8 heteroatoms. The molecule has 1 N–H and O–H groups in total. The Bertz CT molecular complexity index is 1110. The third kappa shape index (κ3) is 5.53. The monoisotopic (exact) mass is 494 g/mol. The van der Waals surface area contributed by atoms with E-state index in [2.05, 4.69) is 10.2 Å². The maximum absolute atomic E-state index is 14.2. The minimum atomic E-state index is -0.518. The Morgan fingerprint density at radius 2 is 1.69 bits per heavy atom. The number of carbonyl (C=O) groups excluding carboxylic acids is 3. The van der Waals surface area contributed by atoms with Crippen molar-refractivity contribution in [3.05, 3.63) is 59.4 Å². The first-order valence-corrected chi connectivity index (χ1v) is 13.0. The van der Waals surface area contributed by atoms with Gasteiger partial charge in [0.25, 0.3) is 11.8 Å². The Morgan fingerprint density at radius 1 is 0.944 bits per heavy atom. The standard InChI is InChI=1S/C28H35FN4O3/c1-3-31(4-2)28(36)23-19-21(30-26(34)20-9-7-10-20)13-14-25(23)32-15-8-16-33(18-17-32)27(35)22-11-5-6-12-24(22)29/h5-6,11-14,19-20H,3-4,7-10,15-18H2,1-2H3,(H,30,34). The van der Waals surface area contributed by atoms with Crippen LogP contribution in [0.3, 0.4) is 0 Å². The Hall–Kier alpha value is -3.42. The fraction of sp³-hybridized carbons (Fsp3) is 0.464. The van der Waals surface area contributed by atoms with Gasteiger partial charge in [-0.05, 0) is 63.4 Å². The number of nitrogens with one attached hydrogen (secondary N) is 1. The first kappa shape index (κ1) is 25.7. The molecule has 0 atom stereocenters. The van der Waals surface area contributed by atoms with Crippen molar-refractivity contribution < 1.29 is 18.8 Å². The molecule has 2 fully saturated rings. The SMILES string of the molecule is CCN(CC)C(=O)c1cc(NC(=O)C2CCC2)ccc1N1CCCN(C(=O)c2ccccc2F)CC1. The molecule has 0 radical (unpaired) electrons. The van der Waals surface area contributed by atoms with Crippen molar-refractivity contribution >= 4 is 29.1 Å². The van der Waals surface area contributed by atoms with Gasteiger partial charge in [-0.3, -0.25) is 14.4 Å².